The molecule has 0 unspecified atom stereocenters. The third kappa shape index (κ3) is 6.33. The zero-order valence-corrected chi connectivity index (χ0v) is 17.4. The second kappa shape index (κ2) is 10.6. The lowest BCUT2D eigenvalue weighted by atomic mass is 9.98. The molecule has 1 saturated heterocycles. The smallest absolute Gasteiger partial charge is 0.240 e. The minimum atomic E-state index is -3.68. The van der Waals surface area contributed by atoms with Gasteiger partial charge in [0.25, 0.3) is 0 Å². The van der Waals surface area contributed by atoms with Gasteiger partial charge in [0, 0.05) is 18.4 Å². The predicted molar refractivity (Wildman–Crippen MR) is 111 cm³/mol. The second-order valence-corrected chi connectivity index (χ2v) is 8.95. The summed E-state index contributed by atoms with van der Waals surface area (Å²) in [5, 5.41) is 12.5. The number of rotatable bonds is 9. The van der Waals surface area contributed by atoms with E-state index in [0.29, 0.717) is 31.5 Å². The SMILES string of the molecule is O=C(Cc1ccccn1)NCC[C@@H]1CC[C@@H](NS(=O)(=O)c2ccccc2)[C@@H](CO)O1. The molecule has 162 valence electrons. The maximum absolute atomic E-state index is 12.5. The summed E-state index contributed by atoms with van der Waals surface area (Å²) in [4.78, 5) is 16.3. The van der Waals surface area contributed by atoms with E-state index in [2.05, 4.69) is 15.0 Å². The molecule has 3 atom stereocenters. The van der Waals surface area contributed by atoms with Gasteiger partial charge >= 0.3 is 0 Å². The van der Waals surface area contributed by atoms with Crippen molar-refractivity contribution in [1.82, 2.24) is 15.0 Å². The molecular weight excluding hydrogens is 406 g/mol. The number of carbonyl (C=O) groups is 1. The van der Waals surface area contributed by atoms with E-state index in [1.807, 2.05) is 6.07 Å². The number of benzene rings is 1. The molecule has 0 radical (unpaired) electrons. The van der Waals surface area contributed by atoms with Gasteiger partial charge in [0.2, 0.25) is 15.9 Å². The normalized spacial score (nSPS) is 21.8. The first kappa shape index (κ1) is 22.4. The van der Waals surface area contributed by atoms with Crippen LogP contribution in [0.5, 0.6) is 0 Å². The first-order valence-electron chi connectivity index (χ1n) is 9.98. The molecule has 3 N–H and O–H groups in total. The van der Waals surface area contributed by atoms with Gasteiger partial charge in [-0.05, 0) is 43.5 Å². The predicted octanol–water partition coefficient (Wildman–Crippen LogP) is 1.02. The van der Waals surface area contributed by atoms with Crippen molar-refractivity contribution in [2.24, 2.45) is 0 Å². The topological polar surface area (TPSA) is 118 Å². The van der Waals surface area contributed by atoms with E-state index >= 15 is 0 Å². The maximum atomic E-state index is 12.5. The van der Waals surface area contributed by atoms with Crippen LogP contribution in [0.2, 0.25) is 0 Å². The molecule has 0 spiro atoms. The number of ether oxygens (including phenoxy) is 1. The van der Waals surface area contributed by atoms with Gasteiger partial charge in [-0.1, -0.05) is 24.3 Å². The second-order valence-electron chi connectivity index (χ2n) is 7.23. The Hall–Kier alpha value is -2.33. The van der Waals surface area contributed by atoms with E-state index in [4.69, 9.17) is 4.74 Å². The summed E-state index contributed by atoms with van der Waals surface area (Å²) >= 11 is 0. The van der Waals surface area contributed by atoms with Crippen LogP contribution < -0.4 is 10.0 Å². The Morgan fingerprint density at radius 1 is 1.13 bits per heavy atom. The van der Waals surface area contributed by atoms with Gasteiger partial charge in [-0.3, -0.25) is 9.78 Å². The fraction of sp³-hybridized carbons (Fsp3) is 0.429. The zero-order valence-electron chi connectivity index (χ0n) is 16.6. The number of sulfonamides is 1. The Morgan fingerprint density at radius 3 is 2.60 bits per heavy atom. The van der Waals surface area contributed by atoms with Crippen molar-refractivity contribution in [2.75, 3.05) is 13.2 Å². The quantitative estimate of drug-likeness (QED) is 0.543. The van der Waals surface area contributed by atoms with Crippen LogP contribution in [0, 0.1) is 0 Å². The van der Waals surface area contributed by atoms with Gasteiger partial charge in [-0.15, -0.1) is 0 Å². The molecule has 3 rings (SSSR count). The Balaban J connectivity index is 1.45. The van der Waals surface area contributed by atoms with Crippen LogP contribution in [0.4, 0.5) is 0 Å². The summed E-state index contributed by atoms with van der Waals surface area (Å²) in [6.45, 7) is 0.152. The summed E-state index contributed by atoms with van der Waals surface area (Å²) in [5.74, 6) is -0.114. The highest BCUT2D eigenvalue weighted by molar-refractivity contribution is 7.89. The van der Waals surface area contributed by atoms with Gasteiger partial charge in [0.1, 0.15) is 0 Å². The molecule has 0 bridgehead atoms. The number of hydrogen-bond donors (Lipinski definition) is 3. The van der Waals surface area contributed by atoms with E-state index in [9.17, 15) is 18.3 Å². The van der Waals surface area contributed by atoms with Crippen LogP contribution in [0.3, 0.4) is 0 Å². The van der Waals surface area contributed by atoms with Crippen molar-refractivity contribution in [1.29, 1.82) is 0 Å². The minimum Gasteiger partial charge on any atom is -0.394 e. The number of nitrogens with one attached hydrogen (secondary N) is 2. The van der Waals surface area contributed by atoms with Gasteiger partial charge < -0.3 is 15.2 Å². The Morgan fingerprint density at radius 2 is 1.90 bits per heavy atom. The lowest BCUT2D eigenvalue weighted by Crippen LogP contribution is -2.51. The zero-order chi connectivity index (χ0) is 21.4. The highest BCUT2D eigenvalue weighted by Crippen LogP contribution is 2.23. The Labute approximate surface area is 176 Å². The lowest BCUT2D eigenvalue weighted by Gasteiger charge is -2.36. The fourth-order valence-electron chi connectivity index (χ4n) is 3.45. The summed E-state index contributed by atoms with van der Waals surface area (Å²) < 4.78 is 33.6. The fourth-order valence-corrected chi connectivity index (χ4v) is 4.77. The van der Waals surface area contributed by atoms with Crippen LogP contribution in [0.15, 0.2) is 59.6 Å². The average molecular weight is 434 g/mol. The number of carbonyl (C=O) groups excluding carboxylic acids is 1. The van der Waals surface area contributed by atoms with Crippen LogP contribution >= 0.6 is 0 Å². The lowest BCUT2D eigenvalue weighted by molar-refractivity contribution is -0.121. The molecule has 1 aromatic carbocycles. The number of aromatic nitrogens is 1. The number of hydrogen-bond acceptors (Lipinski definition) is 6. The molecule has 30 heavy (non-hydrogen) atoms. The average Bonchev–Trinajstić information content (AvgIpc) is 2.76. The number of nitrogens with zero attached hydrogens (tertiary/aromatic N) is 1. The number of aliphatic hydroxyl groups is 1. The van der Waals surface area contributed by atoms with E-state index < -0.39 is 22.2 Å². The summed E-state index contributed by atoms with van der Waals surface area (Å²) in [6, 6.07) is 13.0. The third-order valence-corrected chi connectivity index (χ3v) is 6.52. The molecule has 1 aliphatic rings. The van der Waals surface area contributed by atoms with Gasteiger partial charge in [0.05, 0.1) is 36.2 Å². The van der Waals surface area contributed by atoms with Crippen LogP contribution in [-0.2, 0) is 26.0 Å². The van der Waals surface area contributed by atoms with E-state index in [1.54, 1.807) is 36.5 Å². The van der Waals surface area contributed by atoms with E-state index in [-0.39, 0.29) is 29.9 Å². The standard InChI is InChI=1S/C21H27N3O5S/c25-15-20-19(24-30(27,28)18-7-2-1-3-8-18)10-9-17(29-20)11-13-23-21(26)14-16-6-4-5-12-22-16/h1-8,12,17,19-20,24-25H,9-11,13-15H2,(H,23,26)/t17-,19+,20+/m0/s1. The molecule has 1 aliphatic heterocycles. The first-order valence-corrected chi connectivity index (χ1v) is 11.5. The summed E-state index contributed by atoms with van der Waals surface area (Å²) in [5.41, 5.74) is 0.706. The Bertz CT molecular complexity index is 909. The van der Waals surface area contributed by atoms with Crippen molar-refractivity contribution in [3.05, 3.63) is 60.4 Å². The number of aliphatic hydroxyl groups excluding tert-OH is 1. The molecule has 0 aliphatic carbocycles. The summed E-state index contributed by atoms with van der Waals surface area (Å²) in [6.07, 6.45) is 2.84. The monoisotopic (exact) mass is 433 g/mol. The molecule has 1 aromatic heterocycles. The molecule has 2 aromatic rings. The third-order valence-electron chi connectivity index (χ3n) is 5.01. The first-order chi connectivity index (χ1) is 14.5. The molecule has 0 saturated carbocycles. The highest BCUT2D eigenvalue weighted by Gasteiger charge is 2.33. The molecule has 8 nitrogen and oxygen atoms in total. The van der Waals surface area contributed by atoms with Gasteiger partial charge in [-0.2, -0.15) is 0 Å². The summed E-state index contributed by atoms with van der Waals surface area (Å²) in [7, 11) is -3.68. The number of amides is 1. The molecule has 1 fully saturated rings. The van der Waals surface area contributed by atoms with Crippen LogP contribution in [-0.4, -0.2) is 55.8 Å². The molecule has 9 heteroatoms. The largest absolute Gasteiger partial charge is 0.394 e. The molecular formula is C21H27N3O5S. The van der Waals surface area contributed by atoms with E-state index in [0.717, 1.165) is 0 Å². The number of pyridine rings is 1. The molecule has 2 heterocycles. The Kier molecular flexibility index (Phi) is 7.92. The van der Waals surface area contributed by atoms with Crippen molar-refractivity contribution in [3.63, 3.8) is 0 Å². The highest BCUT2D eigenvalue weighted by atomic mass is 32.2. The van der Waals surface area contributed by atoms with E-state index in [1.165, 1.54) is 12.1 Å². The van der Waals surface area contributed by atoms with Crippen molar-refractivity contribution < 1.29 is 23.1 Å². The van der Waals surface area contributed by atoms with Crippen molar-refractivity contribution in [3.8, 4) is 0 Å². The van der Waals surface area contributed by atoms with Gasteiger partial charge in [-0.25, -0.2) is 13.1 Å². The van der Waals surface area contributed by atoms with Crippen molar-refractivity contribution >= 4 is 15.9 Å². The van der Waals surface area contributed by atoms with Crippen LogP contribution in [0.1, 0.15) is 25.0 Å². The van der Waals surface area contributed by atoms with Crippen LogP contribution in [0.25, 0.3) is 0 Å². The molecule has 1 amide bonds. The minimum absolute atomic E-state index is 0.114. The maximum Gasteiger partial charge on any atom is 0.240 e. The van der Waals surface area contributed by atoms with Gasteiger partial charge in [0.15, 0.2) is 0 Å². The van der Waals surface area contributed by atoms with Crippen molar-refractivity contribution in [2.45, 2.75) is 48.8 Å².